The van der Waals surface area contributed by atoms with Crippen molar-refractivity contribution in [3.8, 4) is 0 Å². The number of carbonyl (C=O) groups is 2. The van der Waals surface area contributed by atoms with E-state index in [0.29, 0.717) is 15.7 Å². The molecule has 1 fully saturated rings. The summed E-state index contributed by atoms with van der Waals surface area (Å²) in [6.45, 7) is 1.72. The molecule has 1 aromatic heterocycles. The van der Waals surface area contributed by atoms with Gasteiger partial charge < -0.3 is 10.1 Å². The summed E-state index contributed by atoms with van der Waals surface area (Å²) in [4.78, 5) is 28.4. The highest BCUT2D eigenvalue weighted by Gasteiger charge is 2.44. The van der Waals surface area contributed by atoms with Gasteiger partial charge in [0.05, 0.1) is 12.8 Å². The molecule has 1 aromatic carbocycles. The summed E-state index contributed by atoms with van der Waals surface area (Å²) in [6.07, 6.45) is 0.851. The number of amides is 1. The third kappa shape index (κ3) is 2.87. The fourth-order valence-electron chi connectivity index (χ4n) is 2.48. The molecule has 1 aliphatic rings. The summed E-state index contributed by atoms with van der Waals surface area (Å²) in [6, 6.07) is 10.0. The van der Waals surface area contributed by atoms with E-state index >= 15 is 0 Å². The van der Waals surface area contributed by atoms with Crippen LogP contribution in [0.3, 0.4) is 0 Å². The van der Waals surface area contributed by atoms with Gasteiger partial charge in [0.2, 0.25) is 5.91 Å². The SMILES string of the molecule is COC(=O)c1sc(NC(=O)C2CC2c2ccccc2)nc1C. The van der Waals surface area contributed by atoms with Gasteiger partial charge in [0.1, 0.15) is 4.88 Å². The van der Waals surface area contributed by atoms with Gasteiger partial charge in [-0.1, -0.05) is 41.7 Å². The van der Waals surface area contributed by atoms with Gasteiger partial charge in [-0.3, -0.25) is 4.79 Å². The van der Waals surface area contributed by atoms with Crippen LogP contribution in [0.4, 0.5) is 5.13 Å². The minimum absolute atomic E-state index is 0.0202. The number of aromatic nitrogens is 1. The van der Waals surface area contributed by atoms with Crippen molar-refractivity contribution in [1.82, 2.24) is 4.98 Å². The second-order valence-corrected chi connectivity index (χ2v) is 6.27. The van der Waals surface area contributed by atoms with Crippen LogP contribution in [0.15, 0.2) is 30.3 Å². The second kappa shape index (κ2) is 5.88. The Kier molecular flexibility index (Phi) is 3.94. The van der Waals surface area contributed by atoms with Crippen LogP contribution in [0.1, 0.15) is 33.3 Å². The quantitative estimate of drug-likeness (QED) is 0.881. The average Bonchev–Trinajstić information content (AvgIpc) is 3.26. The normalized spacial score (nSPS) is 19.5. The van der Waals surface area contributed by atoms with Crippen molar-refractivity contribution < 1.29 is 14.3 Å². The lowest BCUT2D eigenvalue weighted by Gasteiger charge is -2.01. The van der Waals surface area contributed by atoms with E-state index < -0.39 is 5.97 Å². The standard InChI is InChI=1S/C16H16N2O3S/c1-9-13(15(20)21-2)22-16(17-9)18-14(19)12-8-11(12)10-6-4-3-5-7-10/h3-7,11-12H,8H2,1-2H3,(H,17,18,19). The first-order valence-corrected chi connectivity index (χ1v) is 7.83. The molecule has 2 unspecified atom stereocenters. The van der Waals surface area contributed by atoms with Crippen LogP contribution in [0, 0.1) is 12.8 Å². The zero-order valence-corrected chi connectivity index (χ0v) is 13.1. The fourth-order valence-corrected chi connectivity index (χ4v) is 3.37. The zero-order valence-electron chi connectivity index (χ0n) is 12.3. The van der Waals surface area contributed by atoms with Crippen molar-refractivity contribution in [3.63, 3.8) is 0 Å². The van der Waals surface area contributed by atoms with E-state index in [1.165, 1.54) is 12.7 Å². The lowest BCUT2D eigenvalue weighted by molar-refractivity contribution is -0.117. The summed E-state index contributed by atoms with van der Waals surface area (Å²) in [7, 11) is 1.33. The molecule has 0 bridgehead atoms. The number of ether oxygens (including phenoxy) is 1. The van der Waals surface area contributed by atoms with Gasteiger partial charge in [-0.25, -0.2) is 9.78 Å². The number of nitrogens with zero attached hydrogens (tertiary/aromatic N) is 1. The van der Waals surface area contributed by atoms with E-state index in [9.17, 15) is 9.59 Å². The first-order chi connectivity index (χ1) is 10.6. The Hall–Kier alpha value is -2.21. The molecule has 0 radical (unpaired) electrons. The van der Waals surface area contributed by atoms with Gasteiger partial charge in [0.15, 0.2) is 5.13 Å². The molecule has 1 heterocycles. The fraction of sp³-hybridized carbons (Fsp3) is 0.312. The van der Waals surface area contributed by atoms with Crippen LogP contribution in [0.2, 0.25) is 0 Å². The van der Waals surface area contributed by atoms with Crippen molar-refractivity contribution in [1.29, 1.82) is 0 Å². The average molecular weight is 316 g/mol. The Morgan fingerprint density at radius 1 is 1.32 bits per heavy atom. The molecule has 1 saturated carbocycles. The Bertz CT molecular complexity index is 711. The highest BCUT2D eigenvalue weighted by molar-refractivity contribution is 7.17. The van der Waals surface area contributed by atoms with Crippen molar-refractivity contribution in [3.05, 3.63) is 46.5 Å². The van der Waals surface area contributed by atoms with Gasteiger partial charge in [0, 0.05) is 5.92 Å². The predicted molar refractivity (Wildman–Crippen MR) is 84.1 cm³/mol. The lowest BCUT2D eigenvalue weighted by Crippen LogP contribution is -2.14. The van der Waals surface area contributed by atoms with Crippen molar-refractivity contribution >= 4 is 28.3 Å². The number of hydrogen-bond acceptors (Lipinski definition) is 5. The smallest absolute Gasteiger partial charge is 0.350 e. The van der Waals surface area contributed by atoms with Gasteiger partial charge in [-0.05, 0) is 24.8 Å². The molecule has 1 amide bonds. The Labute approximate surface area is 132 Å². The van der Waals surface area contributed by atoms with Crippen LogP contribution >= 0.6 is 11.3 Å². The number of aryl methyl sites for hydroxylation is 1. The number of thiazole rings is 1. The topological polar surface area (TPSA) is 68.3 Å². The van der Waals surface area contributed by atoms with E-state index in [2.05, 4.69) is 15.0 Å². The molecule has 114 valence electrons. The maximum absolute atomic E-state index is 12.3. The number of esters is 1. The highest BCUT2D eigenvalue weighted by atomic mass is 32.1. The third-order valence-electron chi connectivity index (χ3n) is 3.75. The van der Waals surface area contributed by atoms with Gasteiger partial charge >= 0.3 is 5.97 Å². The molecule has 3 rings (SSSR count). The summed E-state index contributed by atoms with van der Waals surface area (Å²) in [5.41, 5.74) is 1.76. The summed E-state index contributed by atoms with van der Waals surface area (Å²) < 4.78 is 4.69. The van der Waals surface area contributed by atoms with E-state index in [1.54, 1.807) is 6.92 Å². The monoisotopic (exact) mass is 316 g/mol. The van der Waals surface area contributed by atoms with Crippen LogP contribution in [0.5, 0.6) is 0 Å². The first kappa shape index (κ1) is 14.7. The summed E-state index contributed by atoms with van der Waals surface area (Å²) in [5, 5.41) is 3.25. The molecule has 1 N–H and O–H groups in total. The maximum Gasteiger partial charge on any atom is 0.350 e. The van der Waals surface area contributed by atoms with Crippen molar-refractivity contribution in [2.24, 2.45) is 5.92 Å². The van der Waals surface area contributed by atoms with Gasteiger partial charge in [0.25, 0.3) is 0 Å². The molecule has 0 aliphatic heterocycles. The number of carbonyl (C=O) groups excluding carboxylic acids is 2. The third-order valence-corrected chi connectivity index (χ3v) is 4.81. The molecule has 0 spiro atoms. The summed E-state index contributed by atoms with van der Waals surface area (Å²) in [5.74, 6) is -0.210. The summed E-state index contributed by atoms with van der Waals surface area (Å²) >= 11 is 1.15. The van der Waals surface area contributed by atoms with Crippen LogP contribution in [-0.4, -0.2) is 24.0 Å². The van der Waals surface area contributed by atoms with Gasteiger partial charge in [-0.2, -0.15) is 0 Å². The Morgan fingerprint density at radius 2 is 2.05 bits per heavy atom. The number of nitrogens with one attached hydrogen (secondary N) is 1. The van der Waals surface area contributed by atoms with E-state index in [-0.39, 0.29) is 17.7 Å². The number of benzene rings is 1. The van der Waals surface area contributed by atoms with E-state index in [1.807, 2.05) is 30.3 Å². The van der Waals surface area contributed by atoms with Crippen molar-refractivity contribution in [2.75, 3.05) is 12.4 Å². The minimum atomic E-state index is -0.427. The van der Waals surface area contributed by atoms with Gasteiger partial charge in [-0.15, -0.1) is 0 Å². The number of methoxy groups -OCH3 is 1. The number of rotatable bonds is 4. The second-order valence-electron chi connectivity index (χ2n) is 5.27. The Balaban J connectivity index is 1.65. The largest absolute Gasteiger partial charge is 0.465 e. The molecular weight excluding hydrogens is 300 g/mol. The molecular formula is C16H16N2O3S. The minimum Gasteiger partial charge on any atom is -0.465 e. The predicted octanol–water partition coefficient (Wildman–Crippen LogP) is 2.98. The Morgan fingerprint density at radius 3 is 2.73 bits per heavy atom. The highest BCUT2D eigenvalue weighted by Crippen LogP contribution is 2.48. The lowest BCUT2D eigenvalue weighted by atomic mass is 10.1. The molecule has 2 aromatic rings. The number of anilines is 1. The maximum atomic E-state index is 12.3. The van der Waals surface area contributed by atoms with Crippen LogP contribution in [-0.2, 0) is 9.53 Å². The molecule has 6 heteroatoms. The molecule has 0 saturated heterocycles. The zero-order chi connectivity index (χ0) is 15.7. The molecule has 2 atom stereocenters. The molecule has 22 heavy (non-hydrogen) atoms. The van der Waals surface area contributed by atoms with Crippen molar-refractivity contribution in [2.45, 2.75) is 19.3 Å². The van der Waals surface area contributed by atoms with Crippen LogP contribution < -0.4 is 5.32 Å². The number of hydrogen-bond donors (Lipinski definition) is 1. The molecule has 1 aliphatic carbocycles. The molecule has 5 nitrogen and oxygen atoms in total. The van der Waals surface area contributed by atoms with Crippen LogP contribution in [0.25, 0.3) is 0 Å². The first-order valence-electron chi connectivity index (χ1n) is 7.01. The van der Waals surface area contributed by atoms with E-state index in [4.69, 9.17) is 0 Å². The van der Waals surface area contributed by atoms with E-state index in [0.717, 1.165) is 17.8 Å².